The van der Waals surface area contributed by atoms with Gasteiger partial charge in [0.25, 0.3) is 0 Å². The molecule has 19 heavy (non-hydrogen) atoms. The summed E-state index contributed by atoms with van der Waals surface area (Å²) in [4.78, 5) is 1.86. The molecule has 4 nitrogen and oxygen atoms in total. The summed E-state index contributed by atoms with van der Waals surface area (Å²) in [5.74, 6) is -1.40. The summed E-state index contributed by atoms with van der Waals surface area (Å²) in [6.07, 6.45) is 0.863. The maximum absolute atomic E-state index is 13.4. The molecule has 0 spiro atoms. The molecule has 2 rings (SSSR count). The first-order chi connectivity index (χ1) is 9.01. The monoisotopic (exact) mass is 276 g/mol. The van der Waals surface area contributed by atoms with Crippen LogP contribution in [0.25, 0.3) is 0 Å². The Morgan fingerprint density at radius 2 is 2.16 bits per heavy atom. The molecule has 2 N–H and O–H groups in total. The van der Waals surface area contributed by atoms with E-state index in [2.05, 4.69) is 4.74 Å². The molecule has 0 aliphatic carbocycles. The molecule has 1 fully saturated rings. The van der Waals surface area contributed by atoms with Crippen LogP contribution in [0.1, 0.15) is 6.42 Å². The van der Waals surface area contributed by atoms with Gasteiger partial charge in [0.2, 0.25) is 0 Å². The molecule has 1 aromatic carbocycles. The predicted octanol–water partition coefficient (Wildman–Crippen LogP) is 2.23. The van der Waals surface area contributed by atoms with Crippen LogP contribution in [0.3, 0.4) is 0 Å². The molecule has 7 heteroatoms. The van der Waals surface area contributed by atoms with E-state index in [1.165, 1.54) is 6.07 Å². The first-order valence-corrected chi connectivity index (χ1v) is 5.83. The number of methoxy groups -OCH3 is 1. The standard InChI is InChI=1S/C12H15F3N2O2/c1-18-7-2-3-17(6-7)10-5-11(19-12(14)15)8(13)4-9(10)16/h4-5,7,12H,2-3,6,16H2,1H3. The van der Waals surface area contributed by atoms with Crippen LogP contribution >= 0.6 is 0 Å². The third-order valence-corrected chi connectivity index (χ3v) is 3.12. The fourth-order valence-electron chi connectivity index (χ4n) is 2.16. The first-order valence-electron chi connectivity index (χ1n) is 5.83. The second kappa shape index (κ2) is 5.56. The van der Waals surface area contributed by atoms with E-state index in [-0.39, 0.29) is 11.8 Å². The van der Waals surface area contributed by atoms with Crippen molar-refractivity contribution in [2.75, 3.05) is 30.8 Å². The Hall–Kier alpha value is -1.63. The second-order valence-electron chi connectivity index (χ2n) is 4.31. The highest BCUT2D eigenvalue weighted by molar-refractivity contribution is 5.70. The molecule has 0 aromatic heterocycles. The Bertz CT molecular complexity index is 457. The molecule has 1 atom stereocenters. The minimum Gasteiger partial charge on any atom is -0.432 e. The topological polar surface area (TPSA) is 47.7 Å². The van der Waals surface area contributed by atoms with E-state index in [9.17, 15) is 13.2 Å². The van der Waals surface area contributed by atoms with Crippen LogP contribution in [0.15, 0.2) is 12.1 Å². The van der Waals surface area contributed by atoms with Crippen molar-refractivity contribution in [2.24, 2.45) is 0 Å². The minimum atomic E-state index is -3.07. The Labute approximate surface area is 108 Å². The zero-order valence-corrected chi connectivity index (χ0v) is 10.4. The molecule has 106 valence electrons. The van der Waals surface area contributed by atoms with Gasteiger partial charge in [-0.25, -0.2) is 4.39 Å². The average Bonchev–Trinajstić information content (AvgIpc) is 2.80. The number of anilines is 2. The van der Waals surface area contributed by atoms with E-state index in [1.807, 2.05) is 4.90 Å². The molecule has 0 bridgehead atoms. The van der Waals surface area contributed by atoms with Gasteiger partial charge in [0.05, 0.1) is 17.5 Å². The fraction of sp³-hybridized carbons (Fsp3) is 0.500. The molecule has 0 saturated carbocycles. The maximum Gasteiger partial charge on any atom is 0.387 e. The number of hydrogen-bond donors (Lipinski definition) is 1. The number of nitrogen functional groups attached to an aromatic ring is 1. The number of benzene rings is 1. The number of alkyl halides is 2. The van der Waals surface area contributed by atoms with Crippen molar-refractivity contribution in [2.45, 2.75) is 19.1 Å². The first kappa shape index (κ1) is 13.8. The van der Waals surface area contributed by atoms with Gasteiger partial charge in [0.15, 0.2) is 11.6 Å². The highest BCUT2D eigenvalue weighted by Gasteiger charge is 2.25. The molecular weight excluding hydrogens is 261 g/mol. The minimum absolute atomic E-state index is 0.0592. The lowest BCUT2D eigenvalue weighted by atomic mass is 10.2. The normalized spacial score (nSPS) is 19.2. The van der Waals surface area contributed by atoms with Gasteiger partial charge in [0.1, 0.15) is 0 Å². The summed E-state index contributed by atoms with van der Waals surface area (Å²) in [5, 5.41) is 0. The lowest BCUT2D eigenvalue weighted by molar-refractivity contribution is -0.0521. The Morgan fingerprint density at radius 3 is 2.74 bits per heavy atom. The molecule has 1 aliphatic rings. The van der Waals surface area contributed by atoms with E-state index in [1.54, 1.807) is 7.11 Å². The van der Waals surface area contributed by atoms with Crippen LogP contribution in [0.2, 0.25) is 0 Å². The molecule has 1 aliphatic heterocycles. The van der Waals surface area contributed by atoms with Crippen molar-refractivity contribution in [1.29, 1.82) is 0 Å². The molecular formula is C12H15F3N2O2. The van der Waals surface area contributed by atoms with Crippen LogP contribution in [0, 0.1) is 5.82 Å². The van der Waals surface area contributed by atoms with Crippen molar-refractivity contribution in [3.8, 4) is 5.75 Å². The van der Waals surface area contributed by atoms with E-state index in [0.717, 1.165) is 12.5 Å². The number of rotatable bonds is 4. The summed E-state index contributed by atoms with van der Waals surface area (Å²) in [6.45, 7) is -1.82. The van der Waals surface area contributed by atoms with E-state index in [0.29, 0.717) is 18.8 Å². The third kappa shape index (κ3) is 3.04. The lowest BCUT2D eigenvalue weighted by Gasteiger charge is -2.21. The van der Waals surface area contributed by atoms with Gasteiger partial charge in [0, 0.05) is 32.3 Å². The van der Waals surface area contributed by atoms with Gasteiger partial charge in [-0.3, -0.25) is 0 Å². The van der Waals surface area contributed by atoms with Gasteiger partial charge in [-0.05, 0) is 6.42 Å². The Morgan fingerprint density at radius 1 is 1.42 bits per heavy atom. The van der Waals surface area contributed by atoms with Crippen molar-refractivity contribution < 1.29 is 22.6 Å². The third-order valence-electron chi connectivity index (χ3n) is 3.12. The summed E-state index contributed by atoms with van der Waals surface area (Å²) in [7, 11) is 1.60. The molecule has 1 heterocycles. The number of nitrogens with zero attached hydrogens (tertiary/aromatic N) is 1. The Kier molecular flexibility index (Phi) is 4.04. The van der Waals surface area contributed by atoms with Gasteiger partial charge >= 0.3 is 6.61 Å². The van der Waals surface area contributed by atoms with Crippen LogP contribution in [0.5, 0.6) is 5.75 Å². The summed E-state index contributed by atoms with van der Waals surface area (Å²) in [6, 6.07) is 2.20. The molecule has 1 saturated heterocycles. The van der Waals surface area contributed by atoms with Gasteiger partial charge in [-0.1, -0.05) is 0 Å². The van der Waals surface area contributed by atoms with Crippen LogP contribution in [-0.4, -0.2) is 32.9 Å². The van der Waals surface area contributed by atoms with Crippen LogP contribution < -0.4 is 15.4 Å². The van der Waals surface area contributed by atoms with Crippen molar-refractivity contribution in [3.05, 3.63) is 17.9 Å². The number of halogens is 3. The van der Waals surface area contributed by atoms with E-state index in [4.69, 9.17) is 10.5 Å². The number of nitrogens with two attached hydrogens (primary N) is 1. The molecule has 0 radical (unpaired) electrons. The zero-order valence-electron chi connectivity index (χ0n) is 10.4. The molecule has 1 unspecified atom stereocenters. The lowest BCUT2D eigenvalue weighted by Crippen LogP contribution is -2.23. The average molecular weight is 276 g/mol. The smallest absolute Gasteiger partial charge is 0.387 e. The summed E-state index contributed by atoms with van der Waals surface area (Å²) < 4.78 is 47.1. The molecule has 0 amide bonds. The second-order valence-corrected chi connectivity index (χ2v) is 4.31. The van der Waals surface area contributed by atoms with Crippen molar-refractivity contribution in [1.82, 2.24) is 0 Å². The van der Waals surface area contributed by atoms with Gasteiger partial charge in [-0.2, -0.15) is 8.78 Å². The van der Waals surface area contributed by atoms with E-state index < -0.39 is 18.2 Å². The largest absolute Gasteiger partial charge is 0.432 e. The van der Waals surface area contributed by atoms with Crippen molar-refractivity contribution in [3.63, 3.8) is 0 Å². The predicted molar refractivity (Wildman–Crippen MR) is 65.1 cm³/mol. The SMILES string of the molecule is COC1CCN(c2cc(OC(F)F)c(F)cc2N)C1. The number of ether oxygens (including phenoxy) is 2. The summed E-state index contributed by atoms with van der Waals surface area (Å²) >= 11 is 0. The van der Waals surface area contributed by atoms with Crippen molar-refractivity contribution >= 4 is 11.4 Å². The van der Waals surface area contributed by atoms with E-state index >= 15 is 0 Å². The van der Waals surface area contributed by atoms with Crippen LogP contribution in [0.4, 0.5) is 24.5 Å². The van der Waals surface area contributed by atoms with Gasteiger partial charge < -0.3 is 20.1 Å². The highest BCUT2D eigenvalue weighted by Crippen LogP contribution is 2.34. The Balaban J connectivity index is 2.25. The van der Waals surface area contributed by atoms with Crippen LogP contribution in [-0.2, 0) is 4.74 Å². The number of hydrogen-bond acceptors (Lipinski definition) is 4. The molecule has 1 aromatic rings. The van der Waals surface area contributed by atoms with Gasteiger partial charge in [-0.15, -0.1) is 0 Å². The highest BCUT2D eigenvalue weighted by atomic mass is 19.3. The summed E-state index contributed by atoms with van der Waals surface area (Å²) in [5.41, 5.74) is 6.40. The fourth-order valence-corrected chi connectivity index (χ4v) is 2.16. The quantitative estimate of drug-likeness (QED) is 0.857. The zero-order chi connectivity index (χ0) is 14.0. The maximum atomic E-state index is 13.4.